The monoisotopic (exact) mass is 440 g/mol. The molecule has 2 aromatic carbocycles. The Bertz CT molecular complexity index is 1090. The third-order valence-corrected chi connectivity index (χ3v) is 5.99. The van der Waals surface area contributed by atoms with E-state index in [1.54, 1.807) is 30.3 Å². The first-order valence-corrected chi connectivity index (χ1v) is 10.3. The number of benzene rings is 2. The van der Waals surface area contributed by atoms with Crippen molar-refractivity contribution < 1.29 is 13.9 Å². The fraction of sp³-hybridized carbons (Fsp3) is 0.304. The van der Waals surface area contributed by atoms with E-state index in [1.807, 2.05) is 18.2 Å². The zero-order chi connectivity index (χ0) is 19.7. The highest BCUT2D eigenvalue weighted by molar-refractivity contribution is 9.10. The molecule has 144 valence electrons. The second kappa shape index (κ2) is 7.92. The topological polar surface area (TPSA) is 56.5 Å². The van der Waals surface area contributed by atoms with E-state index in [2.05, 4.69) is 22.9 Å². The minimum atomic E-state index is -0.439. The van der Waals surface area contributed by atoms with E-state index in [9.17, 15) is 9.59 Å². The maximum absolute atomic E-state index is 12.7. The largest absolute Gasteiger partial charge is 0.459 e. The van der Waals surface area contributed by atoms with E-state index in [-0.39, 0.29) is 12.1 Å². The molecule has 3 aromatic rings. The van der Waals surface area contributed by atoms with Crippen LogP contribution < -0.4 is 5.63 Å². The summed E-state index contributed by atoms with van der Waals surface area (Å²) in [4.78, 5) is 25.2. The summed E-state index contributed by atoms with van der Waals surface area (Å²) in [7, 11) is 0. The molecule has 2 atom stereocenters. The SMILES string of the molecule is CC1CCCC(OC(=O)c2ccc(Br)c(-c3cc4ccccc4oc3=O)c2)C1. The molecule has 0 radical (unpaired) electrons. The van der Waals surface area contributed by atoms with E-state index in [1.165, 1.54) is 6.42 Å². The van der Waals surface area contributed by atoms with Gasteiger partial charge in [-0.3, -0.25) is 0 Å². The highest BCUT2D eigenvalue weighted by Gasteiger charge is 2.23. The van der Waals surface area contributed by atoms with E-state index >= 15 is 0 Å². The third-order valence-electron chi connectivity index (χ3n) is 5.30. The first-order valence-electron chi connectivity index (χ1n) is 9.55. The van der Waals surface area contributed by atoms with Crippen LogP contribution in [0.1, 0.15) is 43.0 Å². The van der Waals surface area contributed by atoms with Gasteiger partial charge in [0.25, 0.3) is 0 Å². The number of halogens is 1. The van der Waals surface area contributed by atoms with Gasteiger partial charge in [0.05, 0.1) is 11.1 Å². The Morgan fingerprint density at radius 2 is 1.93 bits per heavy atom. The first-order chi connectivity index (χ1) is 13.5. The normalized spacial score (nSPS) is 19.5. The summed E-state index contributed by atoms with van der Waals surface area (Å²) >= 11 is 3.49. The number of fused-ring (bicyclic) bond motifs is 1. The molecule has 5 heteroatoms. The lowest BCUT2D eigenvalue weighted by Crippen LogP contribution is -2.24. The van der Waals surface area contributed by atoms with Crippen molar-refractivity contribution in [3.05, 3.63) is 69.0 Å². The van der Waals surface area contributed by atoms with E-state index in [4.69, 9.17) is 9.15 Å². The van der Waals surface area contributed by atoms with Crippen molar-refractivity contribution in [2.45, 2.75) is 38.7 Å². The number of hydrogen-bond acceptors (Lipinski definition) is 4. The minimum Gasteiger partial charge on any atom is -0.459 e. The summed E-state index contributed by atoms with van der Waals surface area (Å²) in [6.07, 6.45) is 4.06. The molecular formula is C23H21BrO4. The number of ether oxygens (including phenoxy) is 1. The summed E-state index contributed by atoms with van der Waals surface area (Å²) in [5.41, 5.74) is 1.56. The number of carbonyl (C=O) groups excluding carboxylic acids is 1. The lowest BCUT2D eigenvalue weighted by molar-refractivity contribution is 0.0155. The summed E-state index contributed by atoms with van der Waals surface area (Å²) in [5, 5.41) is 0.827. The molecule has 0 saturated heterocycles. The number of carbonyl (C=O) groups is 1. The fourth-order valence-electron chi connectivity index (χ4n) is 3.81. The van der Waals surface area contributed by atoms with Crippen LogP contribution in [0.5, 0.6) is 0 Å². The zero-order valence-corrected chi connectivity index (χ0v) is 17.2. The number of rotatable bonds is 3. The average molecular weight is 441 g/mol. The molecule has 1 saturated carbocycles. The molecule has 1 aromatic heterocycles. The zero-order valence-electron chi connectivity index (χ0n) is 15.6. The lowest BCUT2D eigenvalue weighted by Gasteiger charge is -2.26. The third kappa shape index (κ3) is 3.90. The molecule has 0 amide bonds. The molecule has 1 aliphatic rings. The second-order valence-corrected chi connectivity index (χ2v) is 8.33. The Morgan fingerprint density at radius 1 is 1.11 bits per heavy atom. The molecule has 4 rings (SSSR count). The van der Waals surface area contributed by atoms with Crippen molar-refractivity contribution in [1.29, 1.82) is 0 Å². The van der Waals surface area contributed by atoms with Crippen LogP contribution in [0.2, 0.25) is 0 Å². The van der Waals surface area contributed by atoms with Gasteiger partial charge in [-0.15, -0.1) is 0 Å². The van der Waals surface area contributed by atoms with Crippen molar-refractivity contribution >= 4 is 32.9 Å². The number of para-hydroxylation sites is 1. The smallest absolute Gasteiger partial charge is 0.344 e. The molecular weight excluding hydrogens is 420 g/mol. The Hall–Kier alpha value is -2.40. The van der Waals surface area contributed by atoms with E-state index in [0.29, 0.717) is 28.2 Å². The Kier molecular flexibility index (Phi) is 5.36. The van der Waals surface area contributed by atoms with Crippen LogP contribution in [0.25, 0.3) is 22.1 Å². The van der Waals surface area contributed by atoms with Crippen LogP contribution in [0.3, 0.4) is 0 Å². The summed E-state index contributed by atoms with van der Waals surface area (Å²) < 4.78 is 11.9. The van der Waals surface area contributed by atoms with E-state index in [0.717, 1.165) is 29.1 Å². The molecule has 28 heavy (non-hydrogen) atoms. The van der Waals surface area contributed by atoms with Gasteiger partial charge in [0.1, 0.15) is 11.7 Å². The molecule has 0 bridgehead atoms. The minimum absolute atomic E-state index is 0.0333. The van der Waals surface area contributed by atoms with Gasteiger partial charge >= 0.3 is 11.6 Å². The predicted octanol–water partition coefficient (Wildman–Crippen LogP) is 5.96. The van der Waals surface area contributed by atoms with Crippen molar-refractivity contribution in [2.75, 3.05) is 0 Å². The highest BCUT2D eigenvalue weighted by atomic mass is 79.9. The van der Waals surface area contributed by atoms with Gasteiger partial charge < -0.3 is 9.15 Å². The van der Waals surface area contributed by atoms with Crippen molar-refractivity contribution in [1.82, 2.24) is 0 Å². The van der Waals surface area contributed by atoms with Gasteiger partial charge in [-0.05, 0) is 55.5 Å². The molecule has 1 heterocycles. The van der Waals surface area contributed by atoms with Crippen LogP contribution in [0.4, 0.5) is 0 Å². The Morgan fingerprint density at radius 3 is 2.75 bits per heavy atom. The van der Waals surface area contributed by atoms with Crippen molar-refractivity contribution in [2.24, 2.45) is 5.92 Å². The van der Waals surface area contributed by atoms with Gasteiger partial charge in [-0.2, -0.15) is 0 Å². The Labute approximate surface area is 171 Å². The highest BCUT2D eigenvalue weighted by Crippen LogP contribution is 2.31. The molecule has 0 aliphatic heterocycles. The Balaban J connectivity index is 1.67. The van der Waals surface area contributed by atoms with Crippen molar-refractivity contribution in [3.8, 4) is 11.1 Å². The second-order valence-electron chi connectivity index (χ2n) is 7.48. The van der Waals surface area contributed by atoms with Gasteiger partial charge in [0.15, 0.2) is 0 Å². The van der Waals surface area contributed by atoms with Gasteiger partial charge in [-0.25, -0.2) is 9.59 Å². The summed E-state index contributed by atoms with van der Waals surface area (Å²) in [6.45, 7) is 2.19. The standard InChI is InChI=1S/C23H21BrO4/c1-14-5-4-7-17(11-14)27-22(25)16-9-10-20(24)18(13-16)19-12-15-6-2-3-8-21(15)28-23(19)26/h2-3,6,8-10,12-14,17H,4-5,7,11H2,1H3. The number of hydrogen-bond donors (Lipinski definition) is 0. The van der Waals surface area contributed by atoms with Crippen LogP contribution >= 0.6 is 15.9 Å². The van der Waals surface area contributed by atoms with Gasteiger partial charge in [0.2, 0.25) is 0 Å². The van der Waals surface area contributed by atoms with E-state index < -0.39 is 5.63 Å². The van der Waals surface area contributed by atoms with Gasteiger partial charge in [0, 0.05) is 15.4 Å². The molecule has 0 spiro atoms. The number of esters is 1. The molecule has 2 unspecified atom stereocenters. The summed E-state index contributed by atoms with van der Waals surface area (Å²) in [5.74, 6) is 0.229. The fourth-order valence-corrected chi connectivity index (χ4v) is 4.27. The molecule has 4 nitrogen and oxygen atoms in total. The molecule has 0 N–H and O–H groups in total. The average Bonchev–Trinajstić information content (AvgIpc) is 2.68. The molecule has 1 fully saturated rings. The quantitative estimate of drug-likeness (QED) is 0.372. The predicted molar refractivity (Wildman–Crippen MR) is 112 cm³/mol. The maximum Gasteiger partial charge on any atom is 0.344 e. The van der Waals surface area contributed by atoms with Gasteiger partial charge in [-0.1, -0.05) is 47.5 Å². The van der Waals surface area contributed by atoms with Crippen LogP contribution in [-0.2, 0) is 4.74 Å². The molecule has 1 aliphatic carbocycles. The van der Waals surface area contributed by atoms with Crippen LogP contribution in [-0.4, -0.2) is 12.1 Å². The van der Waals surface area contributed by atoms with Crippen LogP contribution in [0, 0.1) is 5.92 Å². The van der Waals surface area contributed by atoms with Crippen LogP contribution in [0.15, 0.2) is 62.2 Å². The van der Waals surface area contributed by atoms with Crippen molar-refractivity contribution in [3.63, 3.8) is 0 Å². The summed E-state index contributed by atoms with van der Waals surface area (Å²) in [6, 6.07) is 14.3. The maximum atomic E-state index is 12.7. The first kappa shape index (κ1) is 18.9. The lowest BCUT2D eigenvalue weighted by atomic mass is 9.89.